The van der Waals surface area contributed by atoms with Crippen LogP contribution in [0.4, 0.5) is 0 Å². The Morgan fingerprint density at radius 2 is 2.04 bits per heavy atom. The van der Waals surface area contributed by atoms with Crippen LogP contribution in [0.5, 0.6) is 0 Å². The minimum Gasteiger partial charge on any atom is -0.478 e. The number of carboxylic acids is 1. The standard InChI is InChI=1S/C21H15N3O2S/c1-2-3-15-8-9-17(21(25)26)19-18(15)12-23-24(19)13-14-4-6-16(7-5-14)20-22-10-11-27-20/h4-12H,13H2,1H3,(H,25,26). The first-order valence-corrected chi connectivity index (χ1v) is 9.18. The molecule has 2 heterocycles. The van der Waals surface area contributed by atoms with Crippen molar-refractivity contribution in [1.82, 2.24) is 14.8 Å². The minimum absolute atomic E-state index is 0.226. The molecule has 0 spiro atoms. The van der Waals surface area contributed by atoms with Gasteiger partial charge in [0, 0.05) is 28.1 Å². The van der Waals surface area contributed by atoms with Gasteiger partial charge < -0.3 is 5.11 Å². The van der Waals surface area contributed by atoms with Crippen LogP contribution in [-0.2, 0) is 6.54 Å². The number of nitrogens with zero attached hydrogens (tertiary/aromatic N) is 3. The van der Waals surface area contributed by atoms with Gasteiger partial charge in [0.2, 0.25) is 0 Å². The van der Waals surface area contributed by atoms with Gasteiger partial charge in [0.25, 0.3) is 0 Å². The molecule has 0 aliphatic heterocycles. The van der Waals surface area contributed by atoms with Gasteiger partial charge in [-0.05, 0) is 24.6 Å². The van der Waals surface area contributed by atoms with E-state index in [2.05, 4.69) is 21.9 Å². The predicted octanol–water partition coefficient (Wildman–Crippen LogP) is 4.28. The summed E-state index contributed by atoms with van der Waals surface area (Å²) >= 11 is 1.59. The van der Waals surface area contributed by atoms with Gasteiger partial charge >= 0.3 is 5.97 Å². The normalized spacial score (nSPS) is 10.6. The Kier molecular flexibility index (Phi) is 4.45. The molecule has 4 aromatic rings. The minimum atomic E-state index is -0.975. The van der Waals surface area contributed by atoms with Gasteiger partial charge in [-0.2, -0.15) is 5.10 Å². The predicted molar refractivity (Wildman–Crippen MR) is 106 cm³/mol. The van der Waals surface area contributed by atoms with Crippen LogP contribution in [0, 0.1) is 11.8 Å². The molecule has 0 aliphatic carbocycles. The Bertz CT molecular complexity index is 1180. The number of benzene rings is 2. The summed E-state index contributed by atoms with van der Waals surface area (Å²) in [6, 6.07) is 11.4. The van der Waals surface area contributed by atoms with Crippen LogP contribution in [0.3, 0.4) is 0 Å². The summed E-state index contributed by atoms with van der Waals surface area (Å²) in [4.78, 5) is 16.0. The summed E-state index contributed by atoms with van der Waals surface area (Å²) < 4.78 is 1.72. The second kappa shape index (κ2) is 7.06. The Morgan fingerprint density at radius 1 is 1.22 bits per heavy atom. The first-order chi connectivity index (χ1) is 13.2. The van der Waals surface area contributed by atoms with Crippen molar-refractivity contribution in [2.75, 3.05) is 0 Å². The Hall–Kier alpha value is -3.43. The zero-order valence-electron chi connectivity index (χ0n) is 14.5. The second-order valence-electron chi connectivity index (χ2n) is 5.94. The average Bonchev–Trinajstić information content (AvgIpc) is 3.34. The van der Waals surface area contributed by atoms with E-state index in [4.69, 9.17) is 0 Å². The summed E-state index contributed by atoms with van der Waals surface area (Å²) in [7, 11) is 0. The third kappa shape index (κ3) is 3.21. The van der Waals surface area contributed by atoms with Gasteiger partial charge in [-0.15, -0.1) is 17.3 Å². The fourth-order valence-electron chi connectivity index (χ4n) is 3.03. The van der Waals surface area contributed by atoms with Crippen LogP contribution < -0.4 is 0 Å². The summed E-state index contributed by atoms with van der Waals surface area (Å²) in [5.41, 5.74) is 3.69. The first kappa shape index (κ1) is 17.0. The number of rotatable bonds is 4. The summed E-state index contributed by atoms with van der Waals surface area (Å²) in [6.07, 6.45) is 3.47. The number of carbonyl (C=O) groups is 1. The molecule has 0 amide bonds. The van der Waals surface area contributed by atoms with Crippen LogP contribution >= 0.6 is 11.3 Å². The van der Waals surface area contributed by atoms with Crippen molar-refractivity contribution in [3.05, 3.63) is 70.9 Å². The molecule has 6 heteroatoms. The molecule has 5 nitrogen and oxygen atoms in total. The number of carboxylic acid groups (broad SMARTS) is 1. The average molecular weight is 373 g/mol. The Morgan fingerprint density at radius 3 is 2.70 bits per heavy atom. The molecule has 0 radical (unpaired) electrons. The molecule has 0 saturated carbocycles. The number of aromatic carboxylic acids is 1. The molecule has 0 atom stereocenters. The molecule has 2 aromatic heterocycles. The van der Waals surface area contributed by atoms with Gasteiger partial charge in [0.1, 0.15) is 5.01 Å². The molecule has 0 fully saturated rings. The smallest absolute Gasteiger partial charge is 0.337 e. The van der Waals surface area contributed by atoms with E-state index in [0.29, 0.717) is 12.1 Å². The van der Waals surface area contributed by atoms with Crippen LogP contribution in [0.2, 0.25) is 0 Å². The van der Waals surface area contributed by atoms with Crippen molar-refractivity contribution in [1.29, 1.82) is 0 Å². The molecule has 0 unspecified atom stereocenters. The van der Waals surface area contributed by atoms with Crippen molar-refractivity contribution in [3.63, 3.8) is 0 Å². The Balaban J connectivity index is 1.74. The first-order valence-electron chi connectivity index (χ1n) is 8.31. The third-order valence-electron chi connectivity index (χ3n) is 4.26. The molecule has 4 rings (SSSR count). The maximum Gasteiger partial charge on any atom is 0.337 e. The highest BCUT2D eigenvalue weighted by Crippen LogP contribution is 2.25. The number of aromatic nitrogens is 3. The van der Waals surface area contributed by atoms with Crippen molar-refractivity contribution in [2.24, 2.45) is 0 Å². The SMILES string of the molecule is CC#Cc1ccc(C(=O)O)c2c1cnn2Cc1ccc(-c2nccs2)cc1. The lowest BCUT2D eigenvalue weighted by molar-refractivity contribution is 0.0698. The quantitative estimate of drug-likeness (QED) is 0.542. The Labute approximate surface area is 159 Å². The van der Waals surface area contributed by atoms with E-state index in [0.717, 1.165) is 27.1 Å². The highest BCUT2D eigenvalue weighted by molar-refractivity contribution is 7.13. The van der Waals surface area contributed by atoms with Crippen LogP contribution in [-0.4, -0.2) is 25.8 Å². The van der Waals surface area contributed by atoms with E-state index in [1.54, 1.807) is 47.5 Å². The van der Waals surface area contributed by atoms with E-state index in [-0.39, 0.29) is 5.56 Å². The zero-order chi connectivity index (χ0) is 18.8. The molecule has 132 valence electrons. The summed E-state index contributed by atoms with van der Waals surface area (Å²) in [6.45, 7) is 2.23. The molecule has 27 heavy (non-hydrogen) atoms. The van der Waals surface area contributed by atoms with Crippen molar-refractivity contribution < 1.29 is 9.90 Å². The van der Waals surface area contributed by atoms with E-state index in [9.17, 15) is 9.90 Å². The molecule has 0 aliphatic rings. The monoisotopic (exact) mass is 373 g/mol. The lowest BCUT2D eigenvalue weighted by Gasteiger charge is -2.08. The maximum atomic E-state index is 11.7. The lowest BCUT2D eigenvalue weighted by Crippen LogP contribution is -2.06. The van der Waals surface area contributed by atoms with E-state index in [1.165, 1.54) is 0 Å². The zero-order valence-corrected chi connectivity index (χ0v) is 15.3. The second-order valence-corrected chi connectivity index (χ2v) is 6.83. The largest absolute Gasteiger partial charge is 0.478 e. The number of hydrogen-bond donors (Lipinski definition) is 1. The number of hydrogen-bond acceptors (Lipinski definition) is 4. The van der Waals surface area contributed by atoms with E-state index < -0.39 is 5.97 Å². The highest BCUT2D eigenvalue weighted by Gasteiger charge is 2.16. The van der Waals surface area contributed by atoms with Crippen LogP contribution in [0.25, 0.3) is 21.5 Å². The van der Waals surface area contributed by atoms with Crippen LogP contribution in [0.15, 0.2) is 54.2 Å². The number of fused-ring (bicyclic) bond motifs is 1. The number of thiazole rings is 1. The fraction of sp³-hybridized carbons (Fsp3) is 0.0952. The molecule has 1 N–H and O–H groups in total. The van der Waals surface area contributed by atoms with E-state index >= 15 is 0 Å². The van der Waals surface area contributed by atoms with Crippen molar-refractivity contribution >= 4 is 28.2 Å². The van der Waals surface area contributed by atoms with Gasteiger partial charge in [-0.3, -0.25) is 4.68 Å². The van der Waals surface area contributed by atoms with Gasteiger partial charge in [-0.1, -0.05) is 30.2 Å². The molecule has 2 aromatic carbocycles. The van der Waals surface area contributed by atoms with Gasteiger partial charge in [0.15, 0.2) is 0 Å². The van der Waals surface area contributed by atoms with Crippen molar-refractivity contribution in [2.45, 2.75) is 13.5 Å². The third-order valence-corrected chi connectivity index (χ3v) is 5.08. The van der Waals surface area contributed by atoms with Crippen LogP contribution in [0.1, 0.15) is 28.4 Å². The summed E-state index contributed by atoms with van der Waals surface area (Å²) in [5, 5.41) is 17.7. The fourth-order valence-corrected chi connectivity index (χ4v) is 3.67. The lowest BCUT2D eigenvalue weighted by atomic mass is 10.1. The molecular formula is C21H15N3O2S. The van der Waals surface area contributed by atoms with Gasteiger partial charge in [0.05, 0.1) is 23.8 Å². The highest BCUT2D eigenvalue weighted by atomic mass is 32.1. The molecule has 0 saturated heterocycles. The summed E-state index contributed by atoms with van der Waals surface area (Å²) in [5.74, 6) is 4.90. The maximum absolute atomic E-state index is 11.7. The van der Waals surface area contributed by atoms with E-state index in [1.807, 2.05) is 29.6 Å². The van der Waals surface area contributed by atoms with Gasteiger partial charge in [-0.25, -0.2) is 9.78 Å². The molecule has 0 bridgehead atoms. The topological polar surface area (TPSA) is 68.0 Å². The molecular weight excluding hydrogens is 358 g/mol. The van der Waals surface area contributed by atoms with Crippen molar-refractivity contribution in [3.8, 4) is 22.4 Å².